The Balaban J connectivity index is 0.000000292. The minimum absolute atomic E-state index is 1.03. The summed E-state index contributed by atoms with van der Waals surface area (Å²) >= 11 is -1.36. The molecule has 0 aromatic carbocycles. The van der Waals surface area contributed by atoms with Crippen LogP contribution in [0.2, 0.25) is 0 Å². The normalized spacial score (nSPS) is 9.93. The average Bonchev–Trinajstić information content (AvgIpc) is 2.18. The van der Waals surface area contributed by atoms with Gasteiger partial charge in [-0.1, -0.05) is 13.0 Å². The van der Waals surface area contributed by atoms with Crippen molar-refractivity contribution < 1.29 is 13.5 Å². The van der Waals surface area contributed by atoms with Crippen LogP contribution in [-0.4, -0.2) is 9.59 Å². The van der Waals surface area contributed by atoms with Gasteiger partial charge in [0.05, 0.1) is 0 Å². The summed E-state index contributed by atoms with van der Waals surface area (Å²) in [6.07, 6.45) is 1.03. The van der Waals surface area contributed by atoms with Gasteiger partial charge in [-0.3, -0.25) is 4.98 Å². The Hall–Kier alpha value is 0.223. The maximum absolute atomic E-state index is 5.32. The number of nitrogens with zero attached hydrogens (tertiary/aromatic N) is 1. The van der Waals surface area contributed by atoms with Gasteiger partial charge in [0, 0.05) is 11.4 Å². The summed E-state index contributed by atoms with van der Waals surface area (Å²) in [6.45, 7) is 6.00. The second-order valence-electron chi connectivity index (χ2n) is 2.53. The summed E-state index contributed by atoms with van der Waals surface area (Å²) in [5.41, 5.74) is 2.28. The fraction of sp³-hybridized carbons (Fsp3) is 0.400. The van der Waals surface area contributed by atoms with Crippen LogP contribution in [0, 0.1) is 6.92 Å². The molecule has 0 spiro atoms. The zero-order valence-electron chi connectivity index (χ0n) is 8.57. The number of hydrogen-bond acceptors (Lipinski definition) is 1. The van der Waals surface area contributed by atoms with Crippen LogP contribution in [0.4, 0.5) is 0 Å². The molecule has 0 N–H and O–H groups in total. The quantitative estimate of drug-likeness (QED) is 0.719. The molecule has 0 bridgehead atoms. The van der Waals surface area contributed by atoms with Crippen molar-refractivity contribution in [2.24, 2.45) is 0 Å². The molecule has 0 aliphatic carbocycles. The van der Waals surface area contributed by atoms with Gasteiger partial charge in [0.2, 0.25) is 0 Å². The Labute approximate surface area is 99.0 Å². The summed E-state index contributed by atoms with van der Waals surface area (Å²) in [7, 11) is 10.6. The summed E-state index contributed by atoms with van der Waals surface area (Å²) < 4.78 is 1.84. The molecule has 1 rings (SSSR count). The molecule has 0 fully saturated rings. The monoisotopic (exact) mass is 321 g/mol. The van der Waals surface area contributed by atoms with Crippen molar-refractivity contribution in [3.05, 3.63) is 29.6 Å². The van der Waals surface area contributed by atoms with Gasteiger partial charge in [-0.2, -0.15) is 0 Å². The predicted molar refractivity (Wildman–Crippen MR) is 61.8 cm³/mol. The van der Waals surface area contributed by atoms with Crippen LogP contribution in [0.3, 0.4) is 0 Å². The van der Waals surface area contributed by atoms with Crippen LogP contribution in [0.5, 0.6) is 0 Å². The van der Waals surface area contributed by atoms with Crippen LogP contribution in [0.15, 0.2) is 18.2 Å². The number of aromatic nitrogens is 1. The Bertz CT molecular complexity index is 296. The van der Waals surface area contributed by atoms with Crippen LogP contribution in [-0.2, 0) is 19.9 Å². The maximum atomic E-state index is 5.32. The van der Waals surface area contributed by atoms with Gasteiger partial charge in [-0.05, 0) is 25.5 Å². The molecule has 1 aromatic rings. The van der Waals surface area contributed by atoms with Crippen LogP contribution in [0.1, 0.15) is 25.2 Å². The van der Waals surface area contributed by atoms with E-state index in [0.717, 1.165) is 12.1 Å². The van der Waals surface area contributed by atoms with E-state index in [1.165, 1.54) is 5.69 Å². The van der Waals surface area contributed by atoms with Crippen LogP contribution in [0.25, 0.3) is 0 Å². The number of rotatable bonds is 1. The van der Waals surface area contributed by atoms with Gasteiger partial charge in [-0.25, -0.2) is 0 Å². The first-order valence-corrected chi connectivity index (χ1v) is 9.78. The molecular weight excluding hydrogens is 306 g/mol. The molecule has 4 heteroatoms. The summed E-state index contributed by atoms with van der Waals surface area (Å²) in [5, 5.41) is 0. The molecular formula is C10H15Cl2NRu. The number of pyridine rings is 1. The average molecular weight is 321 g/mol. The first-order chi connectivity index (χ1) is 6.60. The molecule has 0 radical (unpaired) electrons. The first kappa shape index (κ1) is 14.2. The van der Waals surface area contributed by atoms with E-state index in [4.69, 9.17) is 19.4 Å². The summed E-state index contributed by atoms with van der Waals surface area (Å²) in [6, 6.07) is 6.10. The third-order valence-electron chi connectivity index (χ3n) is 1.46. The Morgan fingerprint density at radius 1 is 1.43 bits per heavy atom. The number of hydrogen-bond donors (Lipinski definition) is 0. The summed E-state index contributed by atoms with van der Waals surface area (Å²) in [4.78, 5) is 4.29. The molecule has 14 heavy (non-hydrogen) atoms. The molecule has 1 heterocycles. The third kappa shape index (κ3) is 7.61. The van der Waals surface area contributed by atoms with Gasteiger partial charge in [0.15, 0.2) is 0 Å². The second-order valence-corrected chi connectivity index (χ2v) is 8.76. The third-order valence-corrected chi connectivity index (χ3v) is 4.05. The van der Waals surface area contributed by atoms with E-state index in [0.29, 0.717) is 0 Å². The van der Waals surface area contributed by atoms with Gasteiger partial charge < -0.3 is 0 Å². The minimum atomic E-state index is -1.36. The number of halogens is 2. The van der Waals surface area contributed by atoms with Gasteiger partial charge in [0.25, 0.3) is 0 Å². The molecule has 0 aliphatic rings. The first-order valence-electron chi connectivity index (χ1n) is 4.30. The van der Waals surface area contributed by atoms with Crippen molar-refractivity contribution in [2.45, 2.75) is 27.2 Å². The van der Waals surface area contributed by atoms with E-state index in [1.54, 1.807) is 0 Å². The van der Waals surface area contributed by atoms with E-state index in [-0.39, 0.29) is 0 Å². The van der Waals surface area contributed by atoms with Crippen molar-refractivity contribution in [3.63, 3.8) is 0 Å². The standard InChI is InChI=1S/C8H11N.C2H4.2ClH.Ru/c1-3-8-6-4-5-7(2)9-8;1-2;;;/h4-6H,3H2,1-2H3;1H,2H3;2*1H;/q;;;;+2/p-2. The topological polar surface area (TPSA) is 12.9 Å². The zero-order chi connectivity index (χ0) is 11.0. The van der Waals surface area contributed by atoms with Crippen molar-refractivity contribution in [1.29, 1.82) is 0 Å². The Kier molecular flexibility index (Phi) is 8.66. The van der Waals surface area contributed by atoms with E-state index in [1.807, 2.05) is 36.7 Å². The fourth-order valence-electron chi connectivity index (χ4n) is 0.796. The molecule has 0 atom stereocenters. The van der Waals surface area contributed by atoms with Crippen molar-refractivity contribution in [3.8, 4) is 0 Å². The van der Waals surface area contributed by atoms with Crippen molar-refractivity contribution >= 4 is 24.0 Å². The molecule has 1 nitrogen and oxygen atoms in total. The van der Waals surface area contributed by atoms with Crippen LogP contribution >= 0.6 is 19.4 Å². The number of aryl methyl sites for hydroxylation is 2. The van der Waals surface area contributed by atoms with Crippen molar-refractivity contribution in [2.75, 3.05) is 0 Å². The van der Waals surface area contributed by atoms with Gasteiger partial charge >= 0.3 is 44.4 Å². The van der Waals surface area contributed by atoms with E-state index >= 15 is 0 Å². The Morgan fingerprint density at radius 3 is 2.29 bits per heavy atom. The summed E-state index contributed by atoms with van der Waals surface area (Å²) in [5.74, 6) is 0. The van der Waals surface area contributed by atoms with Gasteiger partial charge in [0.1, 0.15) is 0 Å². The predicted octanol–water partition coefficient (Wildman–Crippen LogP) is 3.69. The van der Waals surface area contributed by atoms with Crippen LogP contribution < -0.4 is 0 Å². The van der Waals surface area contributed by atoms with E-state index in [9.17, 15) is 0 Å². The molecule has 82 valence electrons. The van der Waals surface area contributed by atoms with E-state index < -0.39 is 13.5 Å². The van der Waals surface area contributed by atoms with Gasteiger partial charge in [-0.15, -0.1) is 0 Å². The molecule has 0 saturated carbocycles. The SMILES string of the molecule is CCc1cccc(C)n1.C[CH]=[Ru]([Cl])[Cl]. The van der Waals surface area contributed by atoms with E-state index in [2.05, 4.69) is 11.9 Å². The molecule has 1 aromatic heterocycles. The molecule has 0 aliphatic heterocycles. The zero-order valence-corrected chi connectivity index (χ0v) is 11.8. The van der Waals surface area contributed by atoms with Crippen molar-refractivity contribution in [1.82, 2.24) is 4.98 Å². The second kappa shape index (κ2) is 8.53. The Morgan fingerprint density at radius 2 is 2.00 bits per heavy atom. The molecule has 0 saturated heterocycles. The fourth-order valence-corrected chi connectivity index (χ4v) is 0.796. The molecule has 0 unspecified atom stereocenters. The molecule has 0 amide bonds.